The number of aliphatic hydroxyl groups is 1. The number of carbonyl (C=O) groups excluding carboxylic acids is 2. The highest BCUT2D eigenvalue weighted by Gasteiger charge is 2.22. The molecule has 0 amide bonds. The van der Waals surface area contributed by atoms with Crippen LogP contribution >= 0.6 is 7.82 Å². The number of aliphatic hydroxyl groups excluding tert-OH is 1. The summed E-state index contributed by atoms with van der Waals surface area (Å²) in [5, 5.41) is 10.1. The van der Waals surface area contributed by atoms with Crippen molar-refractivity contribution in [1.82, 2.24) is 0 Å². The third kappa shape index (κ3) is 39.3. The highest BCUT2D eigenvalue weighted by molar-refractivity contribution is 7.46. The molecule has 9 nitrogen and oxygen atoms in total. The molecule has 0 rings (SSSR count). The van der Waals surface area contributed by atoms with E-state index in [4.69, 9.17) is 19.3 Å². The highest BCUT2D eigenvalue weighted by atomic mass is 31.2. The van der Waals surface area contributed by atoms with Crippen LogP contribution in [0.25, 0.3) is 0 Å². The van der Waals surface area contributed by atoms with E-state index in [0.717, 1.165) is 57.8 Å². The van der Waals surface area contributed by atoms with Crippen LogP contribution in [0.3, 0.4) is 0 Å². The van der Waals surface area contributed by atoms with Gasteiger partial charge < -0.3 is 24.4 Å². The minimum atomic E-state index is -4.77. The largest absolute Gasteiger partial charge is 0.469 e. The Morgan fingerprint density at radius 2 is 1.10 bits per heavy atom. The predicted octanol–water partition coefficient (Wildman–Crippen LogP) is 11.2. The summed E-state index contributed by atoms with van der Waals surface area (Å²) in [6.45, 7) is 3.48. The van der Waals surface area contributed by atoms with Crippen LogP contribution in [-0.2, 0) is 28.2 Å². The molecule has 0 saturated carbocycles. The number of phosphoric acid groups is 1. The average Bonchev–Trinajstić information content (AvgIpc) is 3.09. The molecule has 0 radical (unpaired) electrons. The summed E-state index contributed by atoms with van der Waals surface area (Å²) < 4.78 is 26.3. The smallest absolute Gasteiger partial charge is 0.462 e. The van der Waals surface area contributed by atoms with Gasteiger partial charge in [0.05, 0.1) is 12.7 Å². The van der Waals surface area contributed by atoms with Gasteiger partial charge in [-0.1, -0.05) is 179 Å². The molecular weight excluding hydrogens is 667 g/mol. The number of carbonyl (C=O) groups is 2. The zero-order chi connectivity index (χ0) is 37.7. The first-order valence-electron chi connectivity index (χ1n) is 20.4. The molecule has 1 unspecified atom stereocenters. The Balaban J connectivity index is 3.99. The number of allylic oxidation sites excluding steroid dienone is 5. The topological polar surface area (TPSA) is 140 Å². The predicted molar refractivity (Wildman–Crippen MR) is 208 cm³/mol. The maximum absolute atomic E-state index is 12.4. The molecule has 2 atom stereocenters. The van der Waals surface area contributed by atoms with Crippen molar-refractivity contribution in [3.63, 3.8) is 0 Å². The van der Waals surface area contributed by atoms with E-state index in [2.05, 4.69) is 30.5 Å². The SMILES string of the molecule is CC/C=C/C/C=C/C=C/C(O)CCCCCCCC(=O)OC[C@H](COP(=O)(O)O)OC(=O)CCCCCCCCCCCCCCCCCCC. The lowest BCUT2D eigenvalue weighted by molar-refractivity contribution is -0.161. The summed E-state index contributed by atoms with van der Waals surface area (Å²) in [6, 6.07) is 0. The monoisotopic (exact) mass is 743 g/mol. The maximum atomic E-state index is 12.4. The first-order chi connectivity index (χ1) is 24.7. The van der Waals surface area contributed by atoms with E-state index in [1.165, 1.54) is 83.5 Å². The lowest BCUT2D eigenvalue weighted by Gasteiger charge is -2.18. The molecule has 0 aliphatic carbocycles. The second-order valence-electron chi connectivity index (χ2n) is 13.8. The molecule has 0 saturated heterocycles. The minimum absolute atomic E-state index is 0.195. The molecular formula is C41H75O9P. The van der Waals surface area contributed by atoms with Gasteiger partial charge in [0.2, 0.25) is 0 Å². The molecule has 298 valence electrons. The fraction of sp³-hybridized carbons (Fsp3) is 0.805. The van der Waals surface area contributed by atoms with Gasteiger partial charge in [-0.05, 0) is 32.1 Å². The summed E-state index contributed by atoms with van der Waals surface area (Å²) in [4.78, 5) is 42.8. The van der Waals surface area contributed by atoms with Crippen LogP contribution < -0.4 is 0 Å². The number of ether oxygens (including phenoxy) is 2. The van der Waals surface area contributed by atoms with Crippen molar-refractivity contribution in [2.24, 2.45) is 0 Å². The summed E-state index contributed by atoms with van der Waals surface area (Å²) in [5.74, 6) is -0.956. The van der Waals surface area contributed by atoms with E-state index in [1.807, 2.05) is 18.2 Å². The highest BCUT2D eigenvalue weighted by Crippen LogP contribution is 2.36. The molecule has 0 aromatic rings. The fourth-order valence-corrected chi connectivity index (χ4v) is 6.09. The van der Waals surface area contributed by atoms with E-state index in [-0.39, 0.29) is 19.4 Å². The van der Waals surface area contributed by atoms with Gasteiger partial charge in [0.1, 0.15) is 6.61 Å². The van der Waals surface area contributed by atoms with Crippen LogP contribution in [0.4, 0.5) is 0 Å². The molecule has 0 aliphatic heterocycles. The van der Waals surface area contributed by atoms with Crippen molar-refractivity contribution in [2.45, 2.75) is 199 Å². The summed E-state index contributed by atoms with van der Waals surface area (Å²) in [5.41, 5.74) is 0. The Bertz CT molecular complexity index is 943. The van der Waals surface area contributed by atoms with Crippen molar-refractivity contribution >= 4 is 19.8 Å². The molecule has 3 N–H and O–H groups in total. The van der Waals surface area contributed by atoms with E-state index < -0.39 is 38.6 Å². The molecule has 0 spiro atoms. The van der Waals surface area contributed by atoms with Crippen molar-refractivity contribution in [1.29, 1.82) is 0 Å². The van der Waals surface area contributed by atoms with E-state index >= 15 is 0 Å². The average molecular weight is 743 g/mol. The van der Waals surface area contributed by atoms with Gasteiger partial charge in [-0.15, -0.1) is 0 Å². The minimum Gasteiger partial charge on any atom is -0.462 e. The number of hydrogen-bond donors (Lipinski definition) is 3. The summed E-state index contributed by atoms with van der Waals surface area (Å²) in [6.07, 6.45) is 38.9. The van der Waals surface area contributed by atoms with Gasteiger partial charge in [0.25, 0.3) is 0 Å². The van der Waals surface area contributed by atoms with Crippen LogP contribution in [0.2, 0.25) is 0 Å². The van der Waals surface area contributed by atoms with Gasteiger partial charge in [-0.25, -0.2) is 4.57 Å². The third-order valence-electron chi connectivity index (χ3n) is 8.78. The Hall–Kier alpha value is -1.77. The lowest BCUT2D eigenvalue weighted by atomic mass is 10.0. The Morgan fingerprint density at radius 3 is 1.61 bits per heavy atom. The van der Waals surface area contributed by atoms with Gasteiger partial charge in [-0.3, -0.25) is 14.1 Å². The molecule has 0 aliphatic rings. The van der Waals surface area contributed by atoms with Crippen LogP contribution in [-0.4, -0.2) is 52.3 Å². The lowest BCUT2D eigenvalue weighted by Crippen LogP contribution is -2.29. The first kappa shape index (κ1) is 49.2. The van der Waals surface area contributed by atoms with Crippen LogP contribution in [0.5, 0.6) is 0 Å². The van der Waals surface area contributed by atoms with Gasteiger partial charge in [0, 0.05) is 12.8 Å². The standard InChI is InChI=1S/C41H75O9P/c1-3-5-7-9-11-12-13-14-15-16-17-18-19-20-22-26-31-35-41(44)50-39(37-49-51(45,46)47)36-48-40(43)34-30-27-23-25-29-33-38(42)32-28-24-21-10-8-6-4-2/h6,8,21,24,28,32,38-39,42H,3-5,7,9-20,22-23,25-27,29-31,33-37H2,1-2H3,(H2,45,46,47)/b8-6+,24-21+,32-28+/t38?,39-/m1/s1. The molecule has 0 aromatic carbocycles. The second kappa shape index (κ2) is 36.6. The van der Waals surface area contributed by atoms with Crippen molar-refractivity contribution in [3.8, 4) is 0 Å². The maximum Gasteiger partial charge on any atom is 0.469 e. The Labute approximate surface area is 311 Å². The van der Waals surface area contributed by atoms with E-state index in [9.17, 15) is 19.3 Å². The number of phosphoric ester groups is 1. The Morgan fingerprint density at radius 1 is 0.608 bits per heavy atom. The molecule has 51 heavy (non-hydrogen) atoms. The van der Waals surface area contributed by atoms with Crippen molar-refractivity contribution < 1.29 is 43.0 Å². The molecule has 10 heteroatoms. The van der Waals surface area contributed by atoms with Crippen LogP contribution in [0, 0.1) is 0 Å². The number of rotatable bonds is 37. The van der Waals surface area contributed by atoms with Gasteiger partial charge in [0.15, 0.2) is 6.10 Å². The fourth-order valence-electron chi connectivity index (χ4n) is 5.73. The summed E-state index contributed by atoms with van der Waals surface area (Å²) >= 11 is 0. The quantitative estimate of drug-likeness (QED) is 0.0186. The molecule has 0 fully saturated rings. The zero-order valence-electron chi connectivity index (χ0n) is 32.4. The van der Waals surface area contributed by atoms with Crippen LogP contribution in [0.1, 0.15) is 187 Å². The van der Waals surface area contributed by atoms with E-state index in [1.54, 1.807) is 6.08 Å². The van der Waals surface area contributed by atoms with Gasteiger partial charge in [-0.2, -0.15) is 0 Å². The number of unbranched alkanes of at least 4 members (excludes halogenated alkanes) is 20. The molecule has 0 bridgehead atoms. The van der Waals surface area contributed by atoms with Crippen molar-refractivity contribution in [2.75, 3.05) is 13.2 Å². The van der Waals surface area contributed by atoms with E-state index in [0.29, 0.717) is 19.3 Å². The zero-order valence-corrected chi connectivity index (χ0v) is 33.3. The summed E-state index contributed by atoms with van der Waals surface area (Å²) in [7, 11) is -4.77. The second-order valence-corrected chi connectivity index (χ2v) is 15.0. The first-order valence-corrected chi connectivity index (χ1v) is 21.9. The van der Waals surface area contributed by atoms with Gasteiger partial charge >= 0.3 is 19.8 Å². The third-order valence-corrected chi connectivity index (χ3v) is 9.26. The Kier molecular flexibility index (Phi) is 35.3. The normalized spacial score (nSPS) is 13.4. The molecule has 0 aromatic heterocycles. The van der Waals surface area contributed by atoms with Crippen molar-refractivity contribution in [3.05, 3.63) is 36.5 Å². The molecule has 0 heterocycles. The number of hydrogen-bond acceptors (Lipinski definition) is 7. The number of esters is 2. The van der Waals surface area contributed by atoms with Crippen LogP contribution in [0.15, 0.2) is 36.5 Å².